The number of nitrogens with zero attached hydrogens (tertiary/aromatic N) is 1. The van der Waals surface area contributed by atoms with Crippen molar-refractivity contribution in [3.05, 3.63) is 29.3 Å². The predicted octanol–water partition coefficient (Wildman–Crippen LogP) is 3.31. The Morgan fingerprint density at radius 3 is 2.12 bits per heavy atom. The van der Waals surface area contributed by atoms with Crippen LogP contribution in [0.25, 0.3) is 0 Å². The standard InChI is InChI=1S/C13H19N3/c1-10-11(13(2,3)4)6-5-7-12(10)16(8-14)9-15/h5-9,14-15H,1-4H3. The number of hydrogen-bond acceptors (Lipinski definition) is 2. The fourth-order valence-electron chi connectivity index (χ4n) is 1.89. The molecule has 0 radical (unpaired) electrons. The van der Waals surface area contributed by atoms with Crippen LogP contribution < -0.4 is 4.90 Å². The normalized spacial score (nSPS) is 11.0. The van der Waals surface area contributed by atoms with Crippen LogP contribution in [0.1, 0.15) is 31.9 Å². The lowest BCUT2D eigenvalue weighted by Gasteiger charge is -2.25. The molecule has 1 aromatic carbocycles. The van der Waals surface area contributed by atoms with Crippen LogP contribution in [0.15, 0.2) is 18.2 Å². The molecular formula is C13H19N3. The summed E-state index contributed by atoms with van der Waals surface area (Å²) >= 11 is 0. The monoisotopic (exact) mass is 217 g/mol. The first-order valence-electron chi connectivity index (χ1n) is 5.31. The summed E-state index contributed by atoms with van der Waals surface area (Å²) in [5.41, 5.74) is 3.36. The van der Waals surface area contributed by atoms with Crippen LogP contribution in [0.5, 0.6) is 0 Å². The molecule has 1 rings (SSSR count). The van der Waals surface area contributed by atoms with E-state index < -0.39 is 0 Å². The minimum absolute atomic E-state index is 0.0792. The molecule has 16 heavy (non-hydrogen) atoms. The molecule has 0 unspecified atom stereocenters. The molecular weight excluding hydrogens is 198 g/mol. The Hall–Kier alpha value is -1.64. The highest BCUT2D eigenvalue weighted by Crippen LogP contribution is 2.30. The van der Waals surface area contributed by atoms with Crippen molar-refractivity contribution in [3.63, 3.8) is 0 Å². The third-order valence-corrected chi connectivity index (χ3v) is 2.67. The minimum atomic E-state index is 0.0792. The number of anilines is 1. The van der Waals surface area contributed by atoms with Crippen LogP contribution in [0.2, 0.25) is 0 Å². The Bertz CT molecular complexity index is 394. The van der Waals surface area contributed by atoms with Gasteiger partial charge in [0.15, 0.2) is 0 Å². The largest absolute Gasteiger partial charge is 0.292 e. The molecule has 0 atom stereocenters. The second kappa shape index (κ2) is 4.47. The molecule has 1 aromatic rings. The van der Waals surface area contributed by atoms with Crippen LogP contribution in [0, 0.1) is 17.7 Å². The van der Waals surface area contributed by atoms with Crippen LogP contribution in [0.3, 0.4) is 0 Å². The van der Waals surface area contributed by atoms with E-state index in [0.29, 0.717) is 0 Å². The van der Waals surface area contributed by atoms with E-state index in [9.17, 15) is 0 Å². The smallest absolute Gasteiger partial charge is 0.0915 e. The molecule has 86 valence electrons. The zero-order valence-corrected chi connectivity index (χ0v) is 10.3. The molecule has 3 heteroatoms. The van der Waals surface area contributed by atoms with E-state index >= 15 is 0 Å². The van der Waals surface area contributed by atoms with Gasteiger partial charge >= 0.3 is 0 Å². The average Bonchev–Trinajstić information content (AvgIpc) is 2.20. The van der Waals surface area contributed by atoms with Crippen LogP contribution in [-0.2, 0) is 5.41 Å². The zero-order valence-electron chi connectivity index (χ0n) is 10.3. The number of nitrogens with one attached hydrogen (secondary N) is 2. The Kier molecular flexibility index (Phi) is 3.48. The van der Waals surface area contributed by atoms with Crippen molar-refractivity contribution >= 4 is 18.4 Å². The van der Waals surface area contributed by atoms with Gasteiger partial charge in [-0.15, -0.1) is 0 Å². The lowest BCUT2D eigenvalue weighted by molar-refractivity contribution is 0.586. The first-order chi connectivity index (χ1) is 7.41. The summed E-state index contributed by atoms with van der Waals surface area (Å²) in [4.78, 5) is 1.50. The van der Waals surface area contributed by atoms with Gasteiger partial charge in [0.2, 0.25) is 0 Å². The van der Waals surface area contributed by atoms with Gasteiger partial charge in [0.1, 0.15) is 0 Å². The van der Waals surface area contributed by atoms with Crippen molar-refractivity contribution in [1.29, 1.82) is 10.8 Å². The van der Waals surface area contributed by atoms with Gasteiger partial charge in [-0.3, -0.25) is 15.7 Å². The fourth-order valence-corrected chi connectivity index (χ4v) is 1.89. The van der Waals surface area contributed by atoms with Crippen LogP contribution in [0.4, 0.5) is 5.69 Å². The maximum atomic E-state index is 7.27. The zero-order chi connectivity index (χ0) is 12.3. The van der Waals surface area contributed by atoms with Gasteiger partial charge < -0.3 is 0 Å². The lowest BCUT2D eigenvalue weighted by Crippen LogP contribution is -2.21. The molecule has 0 aliphatic carbocycles. The third-order valence-electron chi connectivity index (χ3n) is 2.67. The first kappa shape index (κ1) is 12.4. The molecule has 3 nitrogen and oxygen atoms in total. The Balaban J connectivity index is 3.34. The molecule has 0 aliphatic rings. The fraction of sp³-hybridized carbons (Fsp3) is 0.385. The number of rotatable bonds is 3. The van der Waals surface area contributed by atoms with Crippen LogP contribution in [-0.4, -0.2) is 12.7 Å². The van der Waals surface area contributed by atoms with Gasteiger partial charge in [0.05, 0.1) is 18.4 Å². The van der Waals surface area contributed by atoms with Crippen LogP contribution >= 0.6 is 0 Å². The highest BCUT2D eigenvalue weighted by molar-refractivity contribution is 5.98. The van der Waals surface area contributed by atoms with Crippen molar-refractivity contribution < 1.29 is 0 Å². The Morgan fingerprint density at radius 2 is 1.69 bits per heavy atom. The second-order valence-corrected chi connectivity index (χ2v) is 4.87. The molecule has 0 aliphatic heterocycles. The van der Waals surface area contributed by atoms with E-state index in [1.54, 1.807) is 0 Å². The molecule has 0 saturated heterocycles. The quantitative estimate of drug-likeness (QED) is 0.592. The molecule has 0 aromatic heterocycles. The van der Waals surface area contributed by atoms with Crippen molar-refractivity contribution in [3.8, 4) is 0 Å². The topological polar surface area (TPSA) is 50.9 Å². The van der Waals surface area contributed by atoms with Gasteiger partial charge in [0.25, 0.3) is 0 Å². The van der Waals surface area contributed by atoms with E-state index in [2.05, 4.69) is 26.8 Å². The number of benzene rings is 1. The maximum Gasteiger partial charge on any atom is 0.0915 e. The molecule has 0 heterocycles. The SMILES string of the molecule is Cc1c(N(C=N)C=N)cccc1C(C)(C)C. The Labute approximate surface area is 97.1 Å². The summed E-state index contributed by atoms with van der Waals surface area (Å²) in [6.45, 7) is 8.53. The molecule has 0 bridgehead atoms. The van der Waals surface area contributed by atoms with E-state index in [-0.39, 0.29) is 5.41 Å². The predicted molar refractivity (Wildman–Crippen MR) is 69.9 cm³/mol. The summed E-state index contributed by atoms with van der Waals surface area (Å²) in [6.07, 6.45) is 2.31. The molecule has 2 N–H and O–H groups in total. The summed E-state index contributed by atoms with van der Waals surface area (Å²) in [7, 11) is 0. The van der Waals surface area contributed by atoms with Gasteiger partial charge in [0, 0.05) is 0 Å². The molecule has 0 spiro atoms. The van der Waals surface area contributed by atoms with Gasteiger partial charge in [-0.25, -0.2) is 0 Å². The molecule has 0 amide bonds. The van der Waals surface area contributed by atoms with Gasteiger partial charge in [-0.1, -0.05) is 32.9 Å². The van der Waals surface area contributed by atoms with Gasteiger partial charge in [-0.2, -0.15) is 0 Å². The summed E-state index contributed by atoms with van der Waals surface area (Å²) < 4.78 is 0. The van der Waals surface area contributed by atoms with Crippen molar-refractivity contribution in [2.75, 3.05) is 4.90 Å². The van der Waals surface area contributed by atoms with Crippen molar-refractivity contribution in [1.82, 2.24) is 0 Å². The minimum Gasteiger partial charge on any atom is -0.292 e. The molecule has 0 fully saturated rings. The van der Waals surface area contributed by atoms with Gasteiger partial charge in [-0.05, 0) is 29.5 Å². The lowest BCUT2D eigenvalue weighted by atomic mass is 9.83. The first-order valence-corrected chi connectivity index (χ1v) is 5.31. The number of hydrogen-bond donors (Lipinski definition) is 2. The summed E-state index contributed by atoms with van der Waals surface area (Å²) in [5.74, 6) is 0. The molecule has 0 saturated carbocycles. The highest BCUT2D eigenvalue weighted by Gasteiger charge is 2.18. The van der Waals surface area contributed by atoms with E-state index in [0.717, 1.165) is 23.9 Å². The second-order valence-electron chi connectivity index (χ2n) is 4.87. The highest BCUT2D eigenvalue weighted by atomic mass is 15.1. The maximum absolute atomic E-state index is 7.27. The van der Waals surface area contributed by atoms with E-state index in [4.69, 9.17) is 10.8 Å². The van der Waals surface area contributed by atoms with Crippen molar-refractivity contribution in [2.24, 2.45) is 0 Å². The van der Waals surface area contributed by atoms with E-state index in [1.807, 2.05) is 19.1 Å². The summed E-state index contributed by atoms with van der Waals surface area (Å²) in [6, 6.07) is 6.01. The summed E-state index contributed by atoms with van der Waals surface area (Å²) in [5, 5.41) is 14.5. The third kappa shape index (κ3) is 2.30. The van der Waals surface area contributed by atoms with E-state index in [1.165, 1.54) is 10.5 Å². The Morgan fingerprint density at radius 1 is 1.12 bits per heavy atom. The average molecular weight is 217 g/mol. The van der Waals surface area contributed by atoms with Crippen molar-refractivity contribution in [2.45, 2.75) is 33.1 Å².